The van der Waals surface area contributed by atoms with Crippen LogP contribution in [0.25, 0.3) is 0 Å². The molecule has 0 aliphatic rings. The van der Waals surface area contributed by atoms with E-state index in [0.717, 1.165) is 21.3 Å². The average Bonchev–Trinajstić information content (AvgIpc) is 2.62. The second kappa shape index (κ2) is 9.32. The van der Waals surface area contributed by atoms with Crippen molar-refractivity contribution in [1.82, 2.24) is 5.32 Å². The Morgan fingerprint density at radius 3 is 2.33 bits per heavy atom. The quantitative estimate of drug-likeness (QED) is 0.685. The molecule has 7 heteroatoms. The van der Waals surface area contributed by atoms with Crippen LogP contribution in [-0.4, -0.2) is 30.4 Å². The molecule has 0 unspecified atom stereocenters. The molecule has 0 aliphatic carbocycles. The van der Waals surface area contributed by atoms with Crippen molar-refractivity contribution in [3.05, 3.63) is 63.6 Å². The van der Waals surface area contributed by atoms with Crippen molar-refractivity contribution < 1.29 is 19.1 Å². The molecule has 2 N–H and O–H groups in total. The molecule has 0 heterocycles. The highest BCUT2D eigenvalue weighted by molar-refractivity contribution is 9.10. The van der Waals surface area contributed by atoms with Gasteiger partial charge in [0.15, 0.2) is 6.10 Å². The van der Waals surface area contributed by atoms with Crippen molar-refractivity contribution in [3.63, 3.8) is 0 Å². The van der Waals surface area contributed by atoms with Crippen LogP contribution >= 0.6 is 15.9 Å². The van der Waals surface area contributed by atoms with Gasteiger partial charge in [-0.05, 0) is 50.1 Å². The molecule has 27 heavy (non-hydrogen) atoms. The van der Waals surface area contributed by atoms with Crippen molar-refractivity contribution >= 4 is 39.4 Å². The molecule has 0 radical (unpaired) electrons. The number of para-hydroxylation sites is 1. The Labute approximate surface area is 166 Å². The van der Waals surface area contributed by atoms with Gasteiger partial charge in [-0.25, -0.2) is 4.79 Å². The third kappa shape index (κ3) is 5.92. The summed E-state index contributed by atoms with van der Waals surface area (Å²) in [6.07, 6.45) is -1.02. The largest absolute Gasteiger partial charge is 0.449 e. The average molecular weight is 433 g/mol. The molecule has 2 aromatic rings. The summed E-state index contributed by atoms with van der Waals surface area (Å²) in [7, 11) is 0. The van der Waals surface area contributed by atoms with Crippen molar-refractivity contribution in [1.29, 1.82) is 0 Å². The van der Waals surface area contributed by atoms with E-state index in [0.29, 0.717) is 5.56 Å². The van der Waals surface area contributed by atoms with Gasteiger partial charge in [0, 0.05) is 10.2 Å². The van der Waals surface area contributed by atoms with Crippen molar-refractivity contribution in [2.45, 2.75) is 26.9 Å². The van der Waals surface area contributed by atoms with E-state index < -0.39 is 18.0 Å². The lowest BCUT2D eigenvalue weighted by Crippen LogP contribution is -2.40. The molecule has 0 saturated carbocycles. The number of anilines is 1. The highest BCUT2D eigenvalue weighted by Crippen LogP contribution is 2.19. The molecule has 0 aromatic heterocycles. The molecule has 0 fully saturated rings. The summed E-state index contributed by atoms with van der Waals surface area (Å²) in [6.45, 7) is 5.02. The Hall–Kier alpha value is -2.67. The first-order valence-corrected chi connectivity index (χ1v) is 9.17. The number of esters is 1. The summed E-state index contributed by atoms with van der Waals surface area (Å²) in [5.74, 6) is -1.51. The summed E-state index contributed by atoms with van der Waals surface area (Å²) in [4.78, 5) is 36.2. The fourth-order valence-corrected chi connectivity index (χ4v) is 2.80. The van der Waals surface area contributed by atoms with Gasteiger partial charge in [0.2, 0.25) is 5.91 Å². The summed E-state index contributed by atoms with van der Waals surface area (Å²) < 4.78 is 5.87. The fraction of sp³-hybridized carbons (Fsp3) is 0.250. The van der Waals surface area contributed by atoms with E-state index in [1.54, 1.807) is 24.3 Å². The first kappa shape index (κ1) is 20.6. The number of amides is 2. The number of benzene rings is 2. The number of hydrogen-bond donors (Lipinski definition) is 2. The van der Waals surface area contributed by atoms with Gasteiger partial charge in [-0.15, -0.1) is 0 Å². The van der Waals surface area contributed by atoms with Gasteiger partial charge >= 0.3 is 5.97 Å². The predicted molar refractivity (Wildman–Crippen MR) is 107 cm³/mol. The van der Waals surface area contributed by atoms with E-state index in [4.69, 9.17) is 4.74 Å². The lowest BCUT2D eigenvalue weighted by atomic mass is 10.1. The van der Waals surface area contributed by atoms with E-state index >= 15 is 0 Å². The standard InChI is InChI=1S/C20H21BrN2O4/c1-12-6-4-7-13(2)18(12)23-17(24)11-22-19(25)14(3)27-20(26)15-8-5-9-16(21)10-15/h4-10,14H,11H2,1-3H3,(H,22,25)(H,23,24)/t14-/m0/s1. The van der Waals surface area contributed by atoms with Crippen LogP contribution in [0.2, 0.25) is 0 Å². The number of aryl methyl sites for hydroxylation is 2. The third-order valence-corrected chi connectivity index (χ3v) is 4.38. The van der Waals surface area contributed by atoms with Crippen LogP contribution < -0.4 is 10.6 Å². The zero-order valence-electron chi connectivity index (χ0n) is 15.3. The number of carbonyl (C=O) groups is 3. The molecule has 0 bridgehead atoms. The number of carbonyl (C=O) groups excluding carboxylic acids is 3. The summed E-state index contributed by atoms with van der Waals surface area (Å²) in [5.41, 5.74) is 2.93. The van der Waals surface area contributed by atoms with E-state index in [1.165, 1.54) is 6.92 Å². The maximum atomic E-state index is 12.1. The minimum atomic E-state index is -1.02. The van der Waals surface area contributed by atoms with Crippen molar-refractivity contribution in [2.75, 3.05) is 11.9 Å². The highest BCUT2D eigenvalue weighted by Gasteiger charge is 2.19. The molecule has 2 rings (SSSR count). The maximum Gasteiger partial charge on any atom is 0.338 e. The monoisotopic (exact) mass is 432 g/mol. The Bertz CT molecular complexity index is 847. The van der Waals surface area contributed by atoms with Crippen LogP contribution in [0.3, 0.4) is 0 Å². The number of halogens is 1. The highest BCUT2D eigenvalue weighted by atomic mass is 79.9. The van der Waals surface area contributed by atoms with E-state index in [1.807, 2.05) is 32.0 Å². The van der Waals surface area contributed by atoms with E-state index in [-0.39, 0.29) is 12.5 Å². The SMILES string of the molecule is Cc1cccc(C)c1NC(=O)CNC(=O)[C@H](C)OC(=O)c1cccc(Br)c1. The fourth-order valence-electron chi connectivity index (χ4n) is 2.40. The maximum absolute atomic E-state index is 12.1. The Morgan fingerprint density at radius 1 is 1.07 bits per heavy atom. The zero-order valence-corrected chi connectivity index (χ0v) is 16.9. The molecule has 142 valence electrons. The first-order valence-electron chi connectivity index (χ1n) is 8.38. The van der Waals surface area contributed by atoms with Gasteiger partial charge in [-0.3, -0.25) is 9.59 Å². The molecule has 6 nitrogen and oxygen atoms in total. The number of nitrogens with one attached hydrogen (secondary N) is 2. The minimum Gasteiger partial charge on any atom is -0.449 e. The topological polar surface area (TPSA) is 84.5 Å². The second-order valence-corrected chi connectivity index (χ2v) is 7.01. The van der Waals surface area contributed by atoms with Crippen LogP contribution in [0.1, 0.15) is 28.4 Å². The lowest BCUT2D eigenvalue weighted by molar-refractivity contribution is -0.130. The van der Waals surface area contributed by atoms with Crippen LogP contribution in [0.4, 0.5) is 5.69 Å². The summed E-state index contributed by atoms with van der Waals surface area (Å²) in [6, 6.07) is 12.4. The Morgan fingerprint density at radius 2 is 1.70 bits per heavy atom. The smallest absolute Gasteiger partial charge is 0.338 e. The van der Waals surface area contributed by atoms with Gasteiger partial charge in [-0.2, -0.15) is 0 Å². The molecular formula is C20H21BrN2O4. The second-order valence-electron chi connectivity index (χ2n) is 6.09. The molecule has 0 spiro atoms. The van der Waals surface area contributed by atoms with Crippen LogP contribution in [0.15, 0.2) is 46.9 Å². The Balaban J connectivity index is 1.85. The van der Waals surface area contributed by atoms with Gasteiger partial charge < -0.3 is 15.4 Å². The van der Waals surface area contributed by atoms with Crippen molar-refractivity contribution in [2.24, 2.45) is 0 Å². The molecule has 2 amide bonds. The Kier molecular flexibility index (Phi) is 7.12. The van der Waals surface area contributed by atoms with Crippen LogP contribution in [0, 0.1) is 13.8 Å². The summed E-state index contributed by atoms with van der Waals surface area (Å²) >= 11 is 3.27. The zero-order chi connectivity index (χ0) is 20.0. The number of hydrogen-bond acceptors (Lipinski definition) is 4. The van der Waals surface area contributed by atoms with Gasteiger partial charge in [-0.1, -0.05) is 40.2 Å². The van der Waals surface area contributed by atoms with Gasteiger partial charge in [0.25, 0.3) is 5.91 Å². The minimum absolute atomic E-state index is 0.217. The van der Waals surface area contributed by atoms with Crippen LogP contribution in [-0.2, 0) is 14.3 Å². The third-order valence-electron chi connectivity index (χ3n) is 3.88. The molecule has 0 aliphatic heterocycles. The number of rotatable bonds is 6. The predicted octanol–water partition coefficient (Wildman–Crippen LogP) is 3.37. The first-order chi connectivity index (χ1) is 12.8. The molecule has 1 atom stereocenters. The number of ether oxygens (including phenoxy) is 1. The summed E-state index contributed by atoms with van der Waals surface area (Å²) in [5, 5.41) is 5.25. The van der Waals surface area contributed by atoms with E-state index in [2.05, 4.69) is 26.6 Å². The lowest BCUT2D eigenvalue weighted by Gasteiger charge is -2.15. The van der Waals surface area contributed by atoms with Gasteiger partial charge in [0.05, 0.1) is 12.1 Å². The molecule has 0 saturated heterocycles. The van der Waals surface area contributed by atoms with Crippen LogP contribution in [0.5, 0.6) is 0 Å². The van der Waals surface area contributed by atoms with E-state index in [9.17, 15) is 14.4 Å². The molecular weight excluding hydrogens is 412 g/mol. The van der Waals surface area contributed by atoms with Gasteiger partial charge in [0.1, 0.15) is 0 Å². The molecule has 2 aromatic carbocycles. The normalized spacial score (nSPS) is 11.4. The van der Waals surface area contributed by atoms with Crippen molar-refractivity contribution in [3.8, 4) is 0 Å².